The minimum atomic E-state index is -2.74. The van der Waals surface area contributed by atoms with E-state index in [2.05, 4.69) is 4.98 Å². The van der Waals surface area contributed by atoms with Crippen molar-refractivity contribution in [2.75, 3.05) is 31.2 Å². The van der Waals surface area contributed by atoms with Crippen molar-refractivity contribution >= 4 is 11.5 Å². The third-order valence-corrected chi connectivity index (χ3v) is 6.94. The number of anilines is 1. The number of piperidine rings is 1. The number of ether oxygens (including phenoxy) is 2. The average Bonchev–Trinajstić information content (AvgIpc) is 2.85. The summed E-state index contributed by atoms with van der Waals surface area (Å²) in [5.74, 6) is -3.51. The van der Waals surface area contributed by atoms with Crippen LogP contribution in [0.3, 0.4) is 0 Å². The predicted octanol–water partition coefficient (Wildman–Crippen LogP) is 5.00. The highest BCUT2D eigenvalue weighted by Crippen LogP contribution is 2.53. The lowest BCUT2D eigenvalue weighted by atomic mass is 9.79. The second kappa shape index (κ2) is 8.19. The average molecular weight is 498 g/mol. The first-order valence-corrected chi connectivity index (χ1v) is 11.6. The van der Waals surface area contributed by atoms with Gasteiger partial charge >= 0.3 is 0 Å². The van der Waals surface area contributed by atoms with E-state index >= 15 is 4.39 Å². The molecule has 0 unspecified atom stereocenters. The zero-order valence-corrected chi connectivity index (χ0v) is 19.1. The van der Waals surface area contributed by atoms with Crippen molar-refractivity contribution < 1.29 is 27.0 Å². The van der Waals surface area contributed by atoms with Crippen LogP contribution in [0.4, 0.5) is 23.2 Å². The highest BCUT2D eigenvalue weighted by Gasteiger charge is 2.46. The molecule has 0 saturated carbocycles. The number of benzene rings is 2. The first-order chi connectivity index (χ1) is 17.3. The highest BCUT2D eigenvalue weighted by atomic mass is 19.3. The number of nitrogens with zero attached hydrogens (tertiary/aromatic N) is 3. The molecule has 2 N–H and O–H groups in total. The molecule has 0 aliphatic carbocycles. The predicted molar refractivity (Wildman–Crippen MR) is 126 cm³/mol. The van der Waals surface area contributed by atoms with Gasteiger partial charge in [-0.2, -0.15) is 4.39 Å². The lowest BCUT2D eigenvalue weighted by molar-refractivity contribution is -0.0220. The molecule has 1 aromatic heterocycles. The van der Waals surface area contributed by atoms with Crippen molar-refractivity contribution in [1.29, 1.82) is 0 Å². The first-order valence-electron chi connectivity index (χ1n) is 11.6. The minimum absolute atomic E-state index is 0.0315. The van der Waals surface area contributed by atoms with E-state index in [1.54, 1.807) is 41.3 Å². The van der Waals surface area contributed by atoms with Gasteiger partial charge in [0, 0.05) is 60.6 Å². The molecule has 1 spiro atoms. The van der Waals surface area contributed by atoms with Gasteiger partial charge in [-0.05, 0) is 35.9 Å². The van der Waals surface area contributed by atoms with Gasteiger partial charge in [-0.3, -0.25) is 4.99 Å². The van der Waals surface area contributed by atoms with Crippen LogP contribution in [0.1, 0.15) is 24.0 Å². The van der Waals surface area contributed by atoms with Gasteiger partial charge < -0.3 is 20.1 Å². The van der Waals surface area contributed by atoms with Crippen LogP contribution >= 0.6 is 0 Å². The van der Waals surface area contributed by atoms with Crippen LogP contribution in [0.2, 0.25) is 0 Å². The SMILES string of the molecule is NC1=N[C@]2(COC1)c1cc(-c3cccnc3F)ccc1Oc1c(F)cc(N3CCC(F)(F)CC3)cc12. The Hall–Kier alpha value is -3.66. The molecule has 0 radical (unpaired) electrons. The number of rotatable bonds is 2. The highest BCUT2D eigenvalue weighted by molar-refractivity contribution is 5.84. The molecule has 1 fully saturated rings. The van der Waals surface area contributed by atoms with Crippen LogP contribution in [0.25, 0.3) is 11.1 Å². The summed E-state index contributed by atoms with van der Waals surface area (Å²) in [7, 11) is 0. The van der Waals surface area contributed by atoms with Crippen LogP contribution < -0.4 is 15.4 Å². The molecule has 4 heterocycles. The van der Waals surface area contributed by atoms with E-state index in [1.807, 2.05) is 0 Å². The lowest BCUT2D eigenvalue weighted by Crippen LogP contribution is -2.43. The fraction of sp³-hybridized carbons (Fsp3) is 0.308. The molecule has 3 aromatic rings. The Morgan fingerprint density at radius 1 is 1.00 bits per heavy atom. The van der Waals surface area contributed by atoms with Crippen molar-refractivity contribution in [1.82, 2.24) is 4.98 Å². The summed E-state index contributed by atoms with van der Waals surface area (Å²) in [5, 5.41) is 0. The Labute approximate surface area is 204 Å². The van der Waals surface area contributed by atoms with Gasteiger partial charge in [0.1, 0.15) is 23.7 Å². The van der Waals surface area contributed by atoms with Crippen molar-refractivity contribution in [2.45, 2.75) is 24.3 Å². The Morgan fingerprint density at radius 2 is 1.81 bits per heavy atom. The maximum absolute atomic E-state index is 15.5. The quantitative estimate of drug-likeness (QED) is 0.398. The van der Waals surface area contributed by atoms with Gasteiger partial charge in [-0.15, -0.1) is 0 Å². The van der Waals surface area contributed by atoms with Crippen molar-refractivity contribution in [3.63, 3.8) is 0 Å². The summed E-state index contributed by atoms with van der Waals surface area (Å²) in [6, 6.07) is 11.2. The number of alkyl halides is 2. The summed E-state index contributed by atoms with van der Waals surface area (Å²) in [6.07, 6.45) is 0.730. The van der Waals surface area contributed by atoms with Gasteiger partial charge in [-0.25, -0.2) is 18.2 Å². The van der Waals surface area contributed by atoms with Gasteiger partial charge in [0.15, 0.2) is 11.6 Å². The van der Waals surface area contributed by atoms with Crippen molar-refractivity contribution in [3.8, 4) is 22.6 Å². The lowest BCUT2D eigenvalue weighted by Gasteiger charge is -2.41. The van der Waals surface area contributed by atoms with E-state index in [1.165, 1.54) is 12.3 Å². The molecule has 3 aliphatic heterocycles. The van der Waals surface area contributed by atoms with Gasteiger partial charge in [0.2, 0.25) is 5.95 Å². The number of pyridine rings is 1. The molecule has 0 amide bonds. The van der Waals surface area contributed by atoms with E-state index in [4.69, 9.17) is 20.2 Å². The number of fused-ring (bicyclic) bond motifs is 4. The molecule has 1 atom stereocenters. The smallest absolute Gasteiger partial charge is 0.251 e. The molecule has 10 heteroatoms. The van der Waals surface area contributed by atoms with Gasteiger partial charge in [0.25, 0.3) is 5.92 Å². The number of amidine groups is 1. The molecular weight excluding hydrogens is 476 g/mol. The number of halogens is 4. The van der Waals surface area contributed by atoms with Crippen LogP contribution in [0.15, 0.2) is 53.7 Å². The van der Waals surface area contributed by atoms with Crippen LogP contribution in [0, 0.1) is 11.8 Å². The Morgan fingerprint density at radius 3 is 2.56 bits per heavy atom. The van der Waals surface area contributed by atoms with Gasteiger partial charge in [0.05, 0.1) is 6.61 Å². The standard InChI is InChI=1S/C26H22F4N4O2/c27-20-12-16(34-8-5-25(29,30)6-9-34)11-19-23(20)36-21-4-3-15(17-2-1-7-32-24(17)28)10-18(21)26(19)14-35-13-22(31)33-26/h1-4,7,10-12H,5-6,8-9,13-14H2,(H2,31,33)/t26-/m1/s1. The van der Waals surface area contributed by atoms with E-state index in [0.29, 0.717) is 28.1 Å². The summed E-state index contributed by atoms with van der Waals surface area (Å²) >= 11 is 0. The van der Waals surface area contributed by atoms with Crippen LogP contribution in [-0.4, -0.2) is 43.0 Å². The van der Waals surface area contributed by atoms with Crippen LogP contribution in [-0.2, 0) is 10.3 Å². The molecule has 6 rings (SSSR count). The largest absolute Gasteiger partial charge is 0.453 e. The summed E-state index contributed by atoms with van der Waals surface area (Å²) in [6.45, 7) is 0.314. The summed E-state index contributed by atoms with van der Waals surface area (Å²) < 4.78 is 69.2. The molecule has 1 saturated heterocycles. The number of aromatic nitrogens is 1. The molecule has 6 nitrogen and oxygen atoms in total. The third-order valence-electron chi connectivity index (χ3n) is 6.94. The van der Waals surface area contributed by atoms with Gasteiger partial charge in [-0.1, -0.05) is 6.07 Å². The number of hydrogen-bond acceptors (Lipinski definition) is 6. The summed E-state index contributed by atoms with van der Waals surface area (Å²) in [5.41, 5.74) is 6.99. The maximum Gasteiger partial charge on any atom is 0.251 e. The topological polar surface area (TPSA) is 73.0 Å². The number of aliphatic imine (C=N–C) groups is 1. The van der Waals surface area contributed by atoms with Crippen molar-refractivity contribution in [3.05, 3.63) is 71.6 Å². The molecule has 0 bridgehead atoms. The molecule has 3 aliphatic rings. The fourth-order valence-corrected chi connectivity index (χ4v) is 5.12. The zero-order chi connectivity index (χ0) is 25.1. The van der Waals surface area contributed by atoms with E-state index in [0.717, 1.165) is 0 Å². The second-order valence-corrected chi connectivity index (χ2v) is 9.26. The maximum atomic E-state index is 15.5. The van der Waals surface area contributed by atoms with Crippen molar-refractivity contribution in [2.24, 2.45) is 10.7 Å². The zero-order valence-electron chi connectivity index (χ0n) is 19.1. The van der Waals surface area contributed by atoms with E-state index < -0.39 is 23.2 Å². The molecule has 2 aromatic carbocycles. The fourth-order valence-electron chi connectivity index (χ4n) is 5.12. The third kappa shape index (κ3) is 3.67. The molecular formula is C26H22F4N4O2. The van der Waals surface area contributed by atoms with E-state index in [-0.39, 0.29) is 56.3 Å². The van der Waals surface area contributed by atoms with E-state index in [9.17, 15) is 13.2 Å². The first kappa shape index (κ1) is 22.8. The molecule has 36 heavy (non-hydrogen) atoms. The summed E-state index contributed by atoms with van der Waals surface area (Å²) in [4.78, 5) is 10.2. The molecule has 186 valence electrons. The Kier molecular flexibility index (Phi) is 5.18. The Bertz CT molecular complexity index is 1390. The monoisotopic (exact) mass is 498 g/mol. The van der Waals surface area contributed by atoms with Crippen LogP contribution in [0.5, 0.6) is 11.5 Å². The second-order valence-electron chi connectivity index (χ2n) is 9.26. The minimum Gasteiger partial charge on any atom is -0.453 e. The Balaban J connectivity index is 1.52. The number of nitrogens with two attached hydrogens (primary N) is 1. The normalized spacial score (nSPS) is 22.4. The number of hydrogen-bond donors (Lipinski definition) is 1.